The molecule has 0 amide bonds. The Balaban J connectivity index is 0.00000280. The number of methoxy groups -OCH3 is 1. The number of nitrogens with zero attached hydrogens (tertiary/aromatic N) is 1. The molecule has 3 rings (SSSR count). The molecule has 0 bridgehead atoms. The first-order valence-electron chi connectivity index (χ1n) is 9.68. The molecule has 0 aromatic heterocycles. The van der Waals surface area contributed by atoms with E-state index in [4.69, 9.17) is 9.47 Å². The molecule has 0 radical (unpaired) electrons. The van der Waals surface area contributed by atoms with E-state index < -0.39 is 5.60 Å². The summed E-state index contributed by atoms with van der Waals surface area (Å²) in [5.41, 5.74) is 1.16. The summed E-state index contributed by atoms with van der Waals surface area (Å²) in [6.45, 7) is 1.43. The third-order valence-corrected chi connectivity index (χ3v) is 5.54. The lowest BCUT2D eigenvalue weighted by Crippen LogP contribution is -2.47. The SMILES string of the molecule is COc1cccc(C2(O)CC(OCc3ccccc3)CCC2CN(C)C)c1.Cl. The Kier molecular flexibility index (Phi) is 8.32. The van der Waals surface area contributed by atoms with Crippen molar-refractivity contribution in [2.45, 2.75) is 37.6 Å². The molecule has 154 valence electrons. The maximum absolute atomic E-state index is 11.8. The highest BCUT2D eigenvalue weighted by Gasteiger charge is 2.44. The van der Waals surface area contributed by atoms with E-state index in [0.717, 1.165) is 36.3 Å². The molecule has 0 spiro atoms. The van der Waals surface area contributed by atoms with Crippen molar-refractivity contribution < 1.29 is 14.6 Å². The molecule has 0 aliphatic heterocycles. The van der Waals surface area contributed by atoms with Gasteiger partial charge in [0.2, 0.25) is 0 Å². The minimum atomic E-state index is -0.918. The van der Waals surface area contributed by atoms with Crippen molar-refractivity contribution in [2.75, 3.05) is 27.7 Å². The van der Waals surface area contributed by atoms with Crippen molar-refractivity contribution in [2.24, 2.45) is 5.92 Å². The Hall–Kier alpha value is -1.59. The lowest BCUT2D eigenvalue weighted by atomic mass is 9.70. The number of hydrogen-bond donors (Lipinski definition) is 1. The van der Waals surface area contributed by atoms with E-state index in [0.29, 0.717) is 13.0 Å². The van der Waals surface area contributed by atoms with Crippen LogP contribution in [0.15, 0.2) is 54.6 Å². The smallest absolute Gasteiger partial charge is 0.119 e. The van der Waals surface area contributed by atoms with E-state index in [1.165, 1.54) is 0 Å². The van der Waals surface area contributed by atoms with Crippen LogP contribution in [-0.2, 0) is 16.9 Å². The van der Waals surface area contributed by atoms with E-state index >= 15 is 0 Å². The number of aliphatic hydroxyl groups is 1. The van der Waals surface area contributed by atoms with Gasteiger partial charge in [0.25, 0.3) is 0 Å². The summed E-state index contributed by atoms with van der Waals surface area (Å²) in [7, 11) is 5.78. The molecular weight excluding hydrogens is 374 g/mol. The van der Waals surface area contributed by atoms with Gasteiger partial charge >= 0.3 is 0 Å². The molecule has 3 atom stereocenters. The molecule has 1 aliphatic rings. The predicted octanol–water partition coefficient (Wildman–Crippen LogP) is 4.25. The Bertz CT molecular complexity index is 725. The maximum atomic E-state index is 11.8. The van der Waals surface area contributed by atoms with Crippen molar-refractivity contribution in [3.8, 4) is 5.75 Å². The Morgan fingerprint density at radius 3 is 2.50 bits per heavy atom. The third-order valence-electron chi connectivity index (χ3n) is 5.54. The van der Waals surface area contributed by atoms with Crippen LogP contribution in [-0.4, -0.2) is 43.9 Å². The number of ether oxygens (including phenoxy) is 2. The van der Waals surface area contributed by atoms with Gasteiger partial charge in [-0.15, -0.1) is 12.4 Å². The van der Waals surface area contributed by atoms with Gasteiger partial charge in [0.05, 0.1) is 25.4 Å². The zero-order chi connectivity index (χ0) is 19.3. The van der Waals surface area contributed by atoms with Gasteiger partial charge in [-0.2, -0.15) is 0 Å². The van der Waals surface area contributed by atoms with Crippen LogP contribution in [0.25, 0.3) is 0 Å². The number of hydrogen-bond acceptors (Lipinski definition) is 4. The summed E-state index contributed by atoms with van der Waals surface area (Å²) in [5.74, 6) is 0.938. The molecule has 5 heteroatoms. The monoisotopic (exact) mass is 405 g/mol. The molecule has 4 nitrogen and oxygen atoms in total. The third kappa shape index (κ3) is 5.48. The molecule has 2 aromatic carbocycles. The second kappa shape index (κ2) is 10.3. The molecule has 1 aliphatic carbocycles. The predicted molar refractivity (Wildman–Crippen MR) is 115 cm³/mol. The van der Waals surface area contributed by atoms with E-state index in [1.807, 2.05) is 42.5 Å². The van der Waals surface area contributed by atoms with Gasteiger partial charge in [0.15, 0.2) is 0 Å². The summed E-state index contributed by atoms with van der Waals surface area (Å²) in [4.78, 5) is 2.15. The zero-order valence-corrected chi connectivity index (χ0v) is 17.8. The van der Waals surface area contributed by atoms with Crippen LogP contribution >= 0.6 is 12.4 Å². The highest BCUT2D eigenvalue weighted by molar-refractivity contribution is 5.85. The van der Waals surface area contributed by atoms with Gasteiger partial charge in [-0.25, -0.2) is 0 Å². The van der Waals surface area contributed by atoms with E-state index in [9.17, 15) is 5.11 Å². The number of rotatable bonds is 7. The maximum Gasteiger partial charge on any atom is 0.119 e. The normalized spacial score (nSPS) is 24.6. The van der Waals surface area contributed by atoms with Gasteiger partial charge in [0, 0.05) is 18.9 Å². The van der Waals surface area contributed by atoms with Crippen LogP contribution in [0.4, 0.5) is 0 Å². The van der Waals surface area contributed by atoms with Crippen LogP contribution in [0.2, 0.25) is 0 Å². The molecule has 1 fully saturated rings. The first kappa shape index (κ1) is 22.7. The summed E-state index contributed by atoms with van der Waals surface area (Å²) in [5, 5.41) is 11.8. The topological polar surface area (TPSA) is 41.9 Å². The standard InChI is InChI=1S/C23H31NO3.ClH/c1-24(2)16-20-12-13-22(27-17-18-8-5-4-6-9-18)15-23(20,25)19-10-7-11-21(14-19)26-3;/h4-11,14,20,22,25H,12-13,15-17H2,1-3H3;1H. The molecule has 0 heterocycles. The highest BCUT2D eigenvalue weighted by Crippen LogP contribution is 2.44. The zero-order valence-electron chi connectivity index (χ0n) is 17.0. The number of benzene rings is 2. The van der Waals surface area contributed by atoms with E-state index in [-0.39, 0.29) is 24.4 Å². The average molecular weight is 406 g/mol. The summed E-state index contributed by atoms with van der Waals surface area (Å²) < 4.78 is 11.6. The fourth-order valence-corrected chi connectivity index (χ4v) is 4.10. The fourth-order valence-electron chi connectivity index (χ4n) is 4.10. The second-order valence-electron chi connectivity index (χ2n) is 7.82. The first-order chi connectivity index (χ1) is 13.0. The Labute approximate surface area is 174 Å². The van der Waals surface area contributed by atoms with Crippen molar-refractivity contribution in [3.05, 3.63) is 65.7 Å². The highest BCUT2D eigenvalue weighted by atomic mass is 35.5. The molecule has 3 unspecified atom stereocenters. The van der Waals surface area contributed by atoms with Gasteiger partial charge in [-0.1, -0.05) is 42.5 Å². The van der Waals surface area contributed by atoms with E-state index in [2.05, 4.69) is 31.1 Å². The van der Waals surface area contributed by atoms with Crippen molar-refractivity contribution in [1.82, 2.24) is 4.90 Å². The van der Waals surface area contributed by atoms with Gasteiger partial charge in [-0.3, -0.25) is 0 Å². The molecule has 28 heavy (non-hydrogen) atoms. The first-order valence-corrected chi connectivity index (χ1v) is 9.68. The minimum Gasteiger partial charge on any atom is -0.497 e. The van der Waals surface area contributed by atoms with Crippen LogP contribution < -0.4 is 4.74 Å². The minimum absolute atomic E-state index is 0. The van der Waals surface area contributed by atoms with Gasteiger partial charge in [0.1, 0.15) is 5.75 Å². The summed E-state index contributed by atoms with van der Waals surface area (Å²) >= 11 is 0. The van der Waals surface area contributed by atoms with Crippen LogP contribution in [0, 0.1) is 5.92 Å². The van der Waals surface area contributed by atoms with Crippen LogP contribution in [0.3, 0.4) is 0 Å². The molecular formula is C23H32ClNO3. The summed E-state index contributed by atoms with van der Waals surface area (Å²) in [6, 6.07) is 18.0. The van der Waals surface area contributed by atoms with Gasteiger partial charge in [-0.05, 0) is 50.2 Å². The average Bonchev–Trinajstić information content (AvgIpc) is 2.69. The Morgan fingerprint density at radius 2 is 1.82 bits per heavy atom. The van der Waals surface area contributed by atoms with Crippen molar-refractivity contribution in [3.63, 3.8) is 0 Å². The Morgan fingerprint density at radius 1 is 1.07 bits per heavy atom. The summed E-state index contributed by atoms with van der Waals surface area (Å²) in [6.07, 6.45) is 2.55. The van der Waals surface area contributed by atoms with Crippen LogP contribution in [0.1, 0.15) is 30.4 Å². The molecule has 1 saturated carbocycles. The largest absolute Gasteiger partial charge is 0.497 e. The second-order valence-corrected chi connectivity index (χ2v) is 7.82. The quantitative estimate of drug-likeness (QED) is 0.747. The lowest BCUT2D eigenvalue weighted by Gasteiger charge is -2.44. The fraction of sp³-hybridized carbons (Fsp3) is 0.478. The van der Waals surface area contributed by atoms with Gasteiger partial charge < -0.3 is 19.5 Å². The lowest BCUT2D eigenvalue weighted by molar-refractivity contribution is -0.120. The molecule has 2 aromatic rings. The van der Waals surface area contributed by atoms with Crippen LogP contribution in [0.5, 0.6) is 5.75 Å². The van der Waals surface area contributed by atoms with Crippen molar-refractivity contribution >= 4 is 12.4 Å². The molecule has 1 N–H and O–H groups in total. The number of halogens is 1. The van der Waals surface area contributed by atoms with E-state index in [1.54, 1.807) is 7.11 Å². The molecule has 0 saturated heterocycles. The van der Waals surface area contributed by atoms with Crippen molar-refractivity contribution in [1.29, 1.82) is 0 Å².